The second-order valence-electron chi connectivity index (χ2n) is 6.26. The highest BCUT2D eigenvalue weighted by molar-refractivity contribution is 5.95. The van der Waals surface area contributed by atoms with Gasteiger partial charge in [-0.3, -0.25) is 4.79 Å². The van der Waals surface area contributed by atoms with Gasteiger partial charge in [0.15, 0.2) is 0 Å². The third kappa shape index (κ3) is 3.99. The molecule has 20 heavy (non-hydrogen) atoms. The lowest BCUT2D eigenvalue weighted by Crippen LogP contribution is -2.27. The summed E-state index contributed by atoms with van der Waals surface area (Å²) in [6, 6.07) is 5.44. The van der Waals surface area contributed by atoms with Gasteiger partial charge in [0.05, 0.1) is 0 Å². The second-order valence-corrected chi connectivity index (χ2v) is 6.26. The van der Waals surface area contributed by atoms with Crippen molar-refractivity contribution < 1.29 is 4.79 Å². The van der Waals surface area contributed by atoms with E-state index >= 15 is 0 Å². The van der Waals surface area contributed by atoms with Gasteiger partial charge in [-0.25, -0.2) is 0 Å². The Bertz CT molecular complexity index is 470. The molecule has 1 amide bonds. The molecular formula is C17H26N2O. The first kappa shape index (κ1) is 14.9. The third-order valence-electron chi connectivity index (χ3n) is 4.38. The zero-order valence-electron chi connectivity index (χ0n) is 12.6. The van der Waals surface area contributed by atoms with Gasteiger partial charge in [-0.2, -0.15) is 0 Å². The van der Waals surface area contributed by atoms with Gasteiger partial charge in [-0.05, 0) is 55.4 Å². The number of hydrogen-bond donors (Lipinski definition) is 2. The lowest BCUT2D eigenvalue weighted by Gasteiger charge is -2.26. The van der Waals surface area contributed by atoms with Gasteiger partial charge in [-0.1, -0.05) is 26.2 Å². The topological polar surface area (TPSA) is 55.1 Å². The average Bonchev–Trinajstić information content (AvgIpc) is 2.38. The van der Waals surface area contributed by atoms with Crippen LogP contribution in [0, 0.1) is 18.8 Å². The Kier molecular flexibility index (Phi) is 5.05. The second kappa shape index (κ2) is 6.78. The van der Waals surface area contributed by atoms with Crippen LogP contribution >= 0.6 is 0 Å². The summed E-state index contributed by atoms with van der Waals surface area (Å²) < 4.78 is 0. The van der Waals surface area contributed by atoms with Crippen LogP contribution in [0.25, 0.3) is 0 Å². The van der Waals surface area contributed by atoms with Gasteiger partial charge < -0.3 is 11.1 Å². The van der Waals surface area contributed by atoms with Crippen molar-refractivity contribution in [1.82, 2.24) is 5.32 Å². The fraction of sp³-hybridized carbons (Fsp3) is 0.588. The van der Waals surface area contributed by atoms with E-state index in [-0.39, 0.29) is 5.91 Å². The summed E-state index contributed by atoms with van der Waals surface area (Å²) >= 11 is 0. The smallest absolute Gasteiger partial charge is 0.251 e. The van der Waals surface area contributed by atoms with E-state index in [1.54, 1.807) is 6.07 Å². The van der Waals surface area contributed by atoms with Crippen LogP contribution in [0.1, 0.15) is 54.9 Å². The lowest BCUT2D eigenvalue weighted by atomic mass is 9.81. The molecule has 1 aliphatic carbocycles. The van der Waals surface area contributed by atoms with Crippen LogP contribution in [-0.4, -0.2) is 12.5 Å². The third-order valence-corrected chi connectivity index (χ3v) is 4.38. The van der Waals surface area contributed by atoms with Gasteiger partial charge in [0.2, 0.25) is 0 Å². The molecule has 0 bridgehead atoms. The molecule has 0 spiro atoms. The number of rotatable bonds is 4. The highest BCUT2D eigenvalue weighted by atomic mass is 16.1. The van der Waals surface area contributed by atoms with Gasteiger partial charge >= 0.3 is 0 Å². The van der Waals surface area contributed by atoms with Crippen LogP contribution in [0.5, 0.6) is 0 Å². The largest absolute Gasteiger partial charge is 0.399 e. The normalized spacial score (nSPS) is 22.5. The molecule has 0 aromatic heterocycles. The highest BCUT2D eigenvalue weighted by Gasteiger charge is 2.18. The molecule has 0 aliphatic heterocycles. The summed E-state index contributed by atoms with van der Waals surface area (Å²) in [5.41, 5.74) is 8.08. The van der Waals surface area contributed by atoms with Crippen molar-refractivity contribution >= 4 is 11.6 Å². The van der Waals surface area contributed by atoms with Crippen LogP contribution in [0.4, 0.5) is 5.69 Å². The number of carbonyl (C=O) groups excluding carboxylic acids is 1. The van der Waals surface area contributed by atoms with Gasteiger partial charge in [0, 0.05) is 17.8 Å². The maximum Gasteiger partial charge on any atom is 0.251 e. The molecule has 1 aromatic carbocycles. The zero-order valence-corrected chi connectivity index (χ0v) is 12.6. The SMILES string of the molecule is Cc1cc(N)ccc1C(=O)NCCC1CCCC(C)C1. The van der Waals surface area contributed by atoms with E-state index in [0.29, 0.717) is 5.69 Å². The standard InChI is InChI=1S/C17H26N2O/c1-12-4-3-5-14(10-12)8-9-19-17(20)16-7-6-15(18)11-13(16)2/h6-7,11-12,14H,3-5,8-10,18H2,1-2H3,(H,19,20). The first-order chi connectivity index (χ1) is 9.56. The minimum absolute atomic E-state index is 0.0198. The quantitative estimate of drug-likeness (QED) is 0.825. The Labute approximate surface area is 121 Å². The van der Waals surface area contributed by atoms with Crippen molar-refractivity contribution in [2.45, 2.75) is 46.0 Å². The Morgan fingerprint density at radius 2 is 2.20 bits per heavy atom. The summed E-state index contributed by atoms with van der Waals surface area (Å²) in [6.07, 6.45) is 6.45. The van der Waals surface area contributed by atoms with E-state index in [0.717, 1.165) is 35.9 Å². The molecule has 3 N–H and O–H groups in total. The predicted octanol–water partition coefficient (Wildman–Crippen LogP) is 3.52. The molecule has 0 heterocycles. The van der Waals surface area contributed by atoms with Crippen molar-refractivity contribution in [1.29, 1.82) is 0 Å². The molecule has 0 saturated heterocycles. The van der Waals surface area contributed by atoms with Gasteiger partial charge in [-0.15, -0.1) is 0 Å². The molecule has 3 heteroatoms. The molecule has 2 atom stereocenters. The molecule has 2 rings (SSSR count). The van der Waals surface area contributed by atoms with Crippen LogP contribution in [0.15, 0.2) is 18.2 Å². The highest BCUT2D eigenvalue weighted by Crippen LogP contribution is 2.30. The molecule has 1 aliphatic rings. The molecule has 3 nitrogen and oxygen atoms in total. The van der Waals surface area contributed by atoms with Crippen molar-refractivity contribution in [2.75, 3.05) is 12.3 Å². The van der Waals surface area contributed by atoms with Crippen molar-refractivity contribution in [3.8, 4) is 0 Å². The van der Waals surface area contributed by atoms with Crippen LogP contribution in [0.3, 0.4) is 0 Å². The summed E-state index contributed by atoms with van der Waals surface area (Å²) in [6.45, 7) is 5.04. The number of aryl methyl sites for hydroxylation is 1. The van der Waals surface area contributed by atoms with Crippen LogP contribution < -0.4 is 11.1 Å². The number of nitrogens with two attached hydrogens (primary N) is 1. The molecule has 110 valence electrons. The summed E-state index contributed by atoms with van der Waals surface area (Å²) in [7, 11) is 0. The molecule has 2 unspecified atom stereocenters. The maximum atomic E-state index is 12.1. The number of carbonyl (C=O) groups is 1. The average molecular weight is 274 g/mol. The van der Waals surface area contributed by atoms with E-state index in [2.05, 4.69) is 12.2 Å². The number of nitrogens with one attached hydrogen (secondary N) is 1. The first-order valence-corrected chi connectivity index (χ1v) is 7.70. The van der Waals surface area contributed by atoms with Gasteiger partial charge in [0.1, 0.15) is 0 Å². The molecule has 1 saturated carbocycles. The number of anilines is 1. The Balaban J connectivity index is 1.80. The number of nitrogen functional groups attached to an aromatic ring is 1. The maximum absolute atomic E-state index is 12.1. The number of hydrogen-bond acceptors (Lipinski definition) is 2. The van der Waals surface area contributed by atoms with Gasteiger partial charge in [0.25, 0.3) is 5.91 Å². The fourth-order valence-corrected chi connectivity index (χ4v) is 3.25. The Hall–Kier alpha value is -1.51. The van der Waals surface area contributed by atoms with Crippen molar-refractivity contribution in [3.05, 3.63) is 29.3 Å². The molecule has 1 fully saturated rings. The minimum atomic E-state index is 0.0198. The molecule has 0 radical (unpaired) electrons. The van der Waals surface area contributed by atoms with Crippen molar-refractivity contribution in [3.63, 3.8) is 0 Å². The molecule has 1 aromatic rings. The Morgan fingerprint density at radius 3 is 2.90 bits per heavy atom. The molecular weight excluding hydrogens is 248 g/mol. The van der Waals surface area contributed by atoms with E-state index in [1.807, 2.05) is 19.1 Å². The van der Waals surface area contributed by atoms with E-state index in [1.165, 1.54) is 25.7 Å². The fourth-order valence-electron chi connectivity index (χ4n) is 3.25. The van der Waals surface area contributed by atoms with Crippen LogP contribution in [0.2, 0.25) is 0 Å². The summed E-state index contributed by atoms with van der Waals surface area (Å²) in [4.78, 5) is 12.1. The predicted molar refractivity (Wildman–Crippen MR) is 83.7 cm³/mol. The number of amides is 1. The lowest BCUT2D eigenvalue weighted by molar-refractivity contribution is 0.0949. The van der Waals surface area contributed by atoms with Crippen molar-refractivity contribution in [2.24, 2.45) is 11.8 Å². The van der Waals surface area contributed by atoms with E-state index in [4.69, 9.17) is 5.73 Å². The zero-order chi connectivity index (χ0) is 14.5. The first-order valence-electron chi connectivity index (χ1n) is 7.70. The van der Waals surface area contributed by atoms with E-state index < -0.39 is 0 Å². The summed E-state index contributed by atoms with van der Waals surface area (Å²) in [5.74, 6) is 1.65. The monoisotopic (exact) mass is 274 g/mol. The minimum Gasteiger partial charge on any atom is -0.399 e. The van der Waals surface area contributed by atoms with E-state index in [9.17, 15) is 4.79 Å². The van der Waals surface area contributed by atoms with Crippen LogP contribution in [-0.2, 0) is 0 Å². The Morgan fingerprint density at radius 1 is 1.40 bits per heavy atom. The number of benzene rings is 1. The summed E-state index contributed by atoms with van der Waals surface area (Å²) in [5, 5.41) is 3.04.